The van der Waals surface area contributed by atoms with Gasteiger partial charge in [-0.1, -0.05) is 61.5 Å². The first-order valence-electron chi connectivity index (χ1n) is 11.8. The summed E-state index contributed by atoms with van der Waals surface area (Å²) in [6, 6.07) is 23.8. The predicted octanol–water partition coefficient (Wildman–Crippen LogP) is 4.27. The number of carbonyl (C=O) groups excluding carboxylic acids is 1. The Kier molecular flexibility index (Phi) is 5.23. The molecule has 0 aromatic heterocycles. The zero-order valence-electron chi connectivity index (χ0n) is 19.5. The number of allylic oxidation sites excluding steroid dienone is 4. The summed E-state index contributed by atoms with van der Waals surface area (Å²) >= 11 is 0. The molecule has 0 unspecified atom stereocenters. The molecule has 0 saturated carbocycles. The van der Waals surface area contributed by atoms with E-state index in [1.54, 1.807) is 4.90 Å². The molecular weight excluding hydrogens is 434 g/mol. The number of nitriles is 3. The molecule has 1 amide bonds. The van der Waals surface area contributed by atoms with Crippen molar-refractivity contribution >= 4 is 11.6 Å². The van der Waals surface area contributed by atoms with E-state index in [0.717, 1.165) is 12.0 Å². The van der Waals surface area contributed by atoms with Crippen LogP contribution in [0.5, 0.6) is 0 Å². The Labute approximate surface area is 205 Å². The number of hydrogen-bond donors (Lipinski definition) is 1. The number of nitrogens with two attached hydrogens (primary N) is 1. The monoisotopic (exact) mass is 459 g/mol. The van der Waals surface area contributed by atoms with Crippen LogP contribution in [0.1, 0.15) is 30.9 Å². The van der Waals surface area contributed by atoms with E-state index in [1.807, 2.05) is 60.7 Å². The van der Waals surface area contributed by atoms with E-state index in [2.05, 4.69) is 25.1 Å². The SMILES string of the molecule is C[C@@H]1CC=C2C(C#N)=C(N)C(C#N)(C#N)[C@]3(C(=O)N(CCc4ccccc4)c4ccccc43)[C@@H]2C1. The number of fused-ring (bicyclic) bond motifs is 4. The van der Waals surface area contributed by atoms with Gasteiger partial charge < -0.3 is 10.6 Å². The maximum Gasteiger partial charge on any atom is 0.241 e. The van der Waals surface area contributed by atoms with Crippen LogP contribution in [0.25, 0.3) is 0 Å². The Morgan fingerprint density at radius 2 is 1.74 bits per heavy atom. The van der Waals surface area contributed by atoms with Crippen LogP contribution in [0.2, 0.25) is 0 Å². The molecule has 6 nitrogen and oxygen atoms in total. The van der Waals surface area contributed by atoms with Gasteiger partial charge in [-0.3, -0.25) is 4.79 Å². The van der Waals surface area contributed by atoms with Gasteiger partial charge in [-0.25, -0.2) is 0 Å². The van der Waals surface area contributed by atoms with Gasteiger partial charge in [0.15, 0.2) is 0 Å². The van der Waals surface area contributed by atoms with Gasteiger partial charge in [0.25, 0.3) is 0 Å². The Morgan fingerprint density at radius 1 is 1.06 bits per heavy atom. The lowest BCUT2D eigenvalue weighted by Gasteiger charge is -2.50. The summed E-state index contributed by atoms with van der Waals surface area (Å²) in [6.45, 7) is 2.50. The summed E-state index contributed by atoms with van der Waals surface area (Å²) in [6.07, 6.45) is 3.94. The Balaban J connectivity index is 1.77. The van der Waals surface area contributed by atoms with Gasteiger partial charge in [-0.15, -0.1) is 0 Å². The van der Waals surface area contributed by atoms with Gasteiger partial charge in [-0.2, -0.15) is 15.8 Å². The van der Waals surface area contributed by atoms with E-state index in [-0.39, 0.29) is 23.1 Å². The third-order valence-corrected chi connectivity index (χ3v) is 7.95. The highest BCUT2D eigenvalue weighted by Gasteiger charge is 2.72. The summed E-state index contributed by atoms with van der Waals surface area (Å²) in [7, 11) is 0. The number of rotatable bonds is 3. The standard InChI is InChI=1S/C29H25N5O/c1-19-11-12-21-22(16-30)26(33)28(17-31,18-32)29(24(21)15-19)23-9-5-6-10-25(23)34(27(29)35)14-13-20-7-3-2-4-8-20/h2-10,12,19,24H,11,13-15,33H2,1H3/t19-,24-,29+/m1/s1. The minimum atomic E-state index is -1.99. The Morgan fingerprint density at radius 3 is 2.43 bits per heavy atom. The molecule has 5 rings (SSSR count). The first kappa shape index (κ1) is 22.5. The summed E-state index contributed by atoms with van der Waals surface area (Å²) in [5.74, 6) is -0.557. The predicted molar refractivity (Wildman–Crippen MR) is 131 cm³/mol. The van der Waals surface area contributed by atoms with Crippen molar-refractivity contribution in [1.29, 1.82) is 15.8 Å². The molecule has 35 heavy (non-hydrogen) atoms. The van der Waals surface area contributed by atoms with Crippen molar-refractivity contribution in [2.75, 3.05) is 11.4 Å². The molecule has 0 radical (unpaired) electrons. The molecule has 2 aromatic rings. The molecule has 1 heterocycles. The van der Waals surface area contributed by atoms with Gasteiger partial charge in [0, 0.05) is 18.2 Å². The zero-order chi connectivity index (χ0) is 24.8. The molecule has 2 aliphatic carbocycles. The van der Waals surface area contributed by atoms with Gasteiger partial charge in [0.05, 0.1) is 23.4 Å². The number of benzene rings is 2. The molecule has 0 saturated heterocycles. The van der Waals surface area contributed by atoms with Crippen molar-refractivity contribution in [2.45, 2.75) is 31.6 Å². The topological polar surface area (TPSA) is 118 Å². The lowest BCUT2D eigenvalue weighted by Crippen LogP contribution is -2.61. The second-order valence-electron chi connectivity index (χ2n) is 9.68. The molecule has 3 aliphatic rings. The van der Waals surface area contributed by atoms with Crippen LogP contribution in [-0.4, -0.2) is 12.5 Å². The van der Waals surface area contributed by atoms with Crippen LogP contribution < -0.4 is 10.6 Å². The van der Waals surface area contributed by atoms with Crippen molar-refractivity contribution < 1.29 is 4.79 Å². The molecule has 2 aromatic carbocycles. The van der Waals surface area contributed by atoms with Crippen molar-refractivity contribution in [3.05, 3.63) is 88.6 Å². The molecule has 172 valence electrons. The lowest BCUT2D eigenvalue weighted by molar-refractivity contribution is -0.127. The summed E-state index contributed by atoms with van der Waals surface area (Å²) < 4.78 is 0. The average molecular weight is 460 g/mol. The highest BCUT2D eigenvalue weighted by atomic mass is 16.2. The minimum Gasteiger partial charge on any atom is -0.399 e. The maximum atomic E-state index is 14.6. The molecular formula is C29H25N5O. The second kappa shape index (κ2) is 8.15. The molecule has 0 bridgehead atoms. The third-order valence-electron chi connectivity index (χ3n) is 7.95. The molecule has 3 atom stereocenters. The fraction of sp³-hybridized carbons (Fsp3) is 0.310. The smallest absolute Gasteiger partial charge is 0.241 e. The van der Waals surface area contributed by atoms with Gasteiger partial charge in [0.2, 0.25) is 11.3 Å². The highest BCUT2D eigenvalue weighted by molar-refractivity contribution is 6.11. The number of carbonyl (C=O) groups is 1. The van der Waals surface area contributed by atoms with Crippen LogP contribution in [0.15, 0.2) is 77.5 Å². The van der Waals surface area contributed by atoms with Crippen LogP contribution in [0.4, 0.5) is 5.69 Å². The van der Waals surface area contributed by atoms with Crippen LogP contribution in [0, 0.1) is 51.2 Å². The second-order valence-corrected chi connectivity index (χ2v) is 9.68. The largest absolute Gasteiger partial charge is 0.399 e. The third kappa shape index (κ3) is 2.82. The number of nitrogens with zero attached hydrogens (tertiary/aromatic N) is 4. The molecule has 1 spiro atoms. The quantitative estimate of drug-likeness (QED) is 0.735. The number of hydrogen-bond acceptors (Lipinski definition) is 5. The Bertz CT molecular complexity index is 1390. The zero-order valence-corrected chi connectivity index (χ0v) is 19.5. The van der Waals surface area contributed by atoms with E-state index in [4.69, 9.17) is 5.73 Å². The average Bonchev–Trinajstić information content (AvgIpc) is 3.14. The van der Waals surface area contributed by atoms with Crippen LogP contribution in [-0.2, 0) is 16.6 Å². The first-order valence-corrected chi connectivity index (χ1v) is 11.8. The van der Waals surface area contributed by atoms with Crippen molar-refractivity contribution in [2.24, 2.45) is 23.0 Å². The normalized spacial score (nSPS) is 26.3. The van der Waals surface area contributed by atoms with Gasteiger partial charge in [0.1, 0.15) is 11.5 Å². The van der Waals surface area contributed by atoms with Crippen LogP contribution >= 0.6 is 0 Å². The first-order chi connectivity index (χ1) is 17.0. The van der Waals surface area contributed by atoms with Gasteiger partial charge in [-0.05, 0) is 47.9 Å². The van der Waals surface area contributed by atoms with Crippen molar-refractivity contribution in [3.8, 4) is 18.2 Å². The maximum absolute atomic E-state index is 14.6. The van der Waals surface area contributed by atoms with Crippen LogP contribution in [0.3, 0.4) is 0 Å². The minimum absolute atomic E-state index is 0.116. The van der Waals surface area contributed by atoms with E-state index < -0.39 is 16.7 Å². The molecule has 0 fully saturated rings. The lowest BCUT2D eigenvalue weighted by atomic mass is 9.47. The summed E-state index contributed by atoms with van der Waals surface area (Å²) in [5.41, 5.74) is 6.19. The fourth-order valence-electron chi connectivity index (χ4n) is 6.33. The van der Waals surface area contributed by atoms with E-state index in [9.17, 15) is 20.6 Å². The van der Waals surface area contributed by atoms with Crippen molar-refractivity contribution in [1.82, 2.24) is 0 Å². The van der Waals surface area contributed by atoms with Gasteiger partial charge >= 0.3 is 0 Å². The molecule has 6 heteroatoms. The van der Waals surface area contributed by atoms with E-state index in [0.29, 0.717) is 36.2 Å². The highest BCUT2D eigenvalue weighted by Crippen LogP contribution is 2.64. The van der Waals surface area contributed by atoms with Crippen molar-refractivity contribution in [3.63, 3.8) is 0 Å². The van der Waals surface area contributed by atoms with E-state index in [1.165, 1.54) is 0 Å². The number of para-hydroxylation sites is 1. The fourth-order valence-corrected chi connectivity index (χ4v) is 6.33. The number of amides is 1. The molecule has 1 aliphatic heterocycles. The molecule has 2 N–H and O–H groups in total. The summed E-state index contributed by atoms with van der Waals surface area (Å²) in [4.78, 5) is 16.3. The van der Waals surface area contributed by atoms with E-state index >= 15 is 0 Å². The Hall–Kier alpha value is -4.34. The number of anilines is 1. The summed E-state index contributed by atoms with van der Waals surface area (Å²) in [5, 5.41) is 31.1.